The molecule has 0 amide bonds. The second-order valence-electron chi connectivity index (χ2n) is 4.51. The Hall–Kier alpha value is -0.630. The maximum Gasteiger partial charge on any atom is 0.0363 e. The molecule has 1 aromatic rings. The van der Waals surface area contributed by atoms with Gasteiger partial charge in [0.2, 0.25) is 0 Å². The van der Waals surface area contributed by atoms with Crippen LogP contribution in [0.25, 0.3) is 0 Å². The van der Waals surface area contributed by atoms with Crippen LogP contribution < -0.4 is 4.90 Å². The van der Waals surface area contributed by atoms with E-state index in [-0.39, 0.29) is 5.41 Å². The van der Waals surface area contributed by atoms with Crippen LogP contribution in [-0.4, -0.2) is 19.3 Å². The van der Waals surface area contributed by atoms with E-state index < -0.39 is 0 Å². The standard InChI is InChI=1S/C12H19NS/c1-12(2,10-14)9-13(3)11-7-5-4-6-8-11/h4-8,14H,9-10H2,1-3H3. The largest absolute Gasteiger partial charge is 0.374 e. The molecule has 1 aromatic carbocycles. The molecule has 14 heavy (non-hydrogen) atoms. The van der Waals surface area contributed by atoms with Crippen LogP contribution in [0.3, 0.4) is 0 Å². The molecule has 0 atom stereocenters. The molecule has 0 heterocycles. The molecule has 1 rings (SSSR count). The van der Waals surface area contributed by atoms with Crippen LogP contribution in [0.4, 0.5) is 5.69 Å². The van der Waals surface area contributed by atoms with Gasteiger partial charge in [-0.15, -0.1) is 0 Å². The molecule has 0 aliphatic carbocycles. The summed E-state index contributed by atoms with van der Waals surface area (Å²) in [5.74, 6) is 0.907. The fourth-order valence-corrected chi connectivity index (χ4v) is 1.57. The summed E-state index contributed by atoms with van der Waals surface area (Å²) in [4.78, 5) is 2.27. The Morgan fingerprint density at radius 1 is 1.21 bits per heavy atom. The highest BCUT2D eigenvalue weighted by atomic mass is 32.1. The van der Waals surface area contributed by atoms with Crippen LogP contribution in [0.1, 0.15) is 13.8 Å². The summed E-state index contributed by atoms with van der Waals surface area (Å²) < 4.78 is 0. The highest BCUT2D eigenvalue weighted by molar-refractivity contribution is 7.80. The zero-order chi connectivity index (χ0) is 10.6. The van der Waals surface area contributed by atoms with Gasteiger partial charge in [-0.25, -0.2) is 0 Å². The van der Waals surface area contributed by atoms with Gasteiger partial charge < -0.3 is 4.90 Å². The van der Waals surface area contributed by atoms with Crippen molar-refractivity contribution < 1.29 is 0 Å². The van der Waals surface area contributed by atoms with Gasteiger partial charge in [-0.2, -0.15) is 12.6 Å². The Kier molecular flexibility index (Phi) is 3.87. The van der Waals surface area contributed by atoms with Gasteiger partial charge in [-0.3, -0.25) is 0 Å². The number of benzene rings is 1. The van der Waals surface area contributed by atoms with Crippen molar-refractivity contribution in [2.75, 3.05) is 24.2 Å². The molecule has 0 saturated carbocycles. The Labute approximate surface area is 92.5 Å². The second kappa shape index (κ2) is 4.74. The van der Waals surface area contributed by atoms with Gasteiger partial charge in [0.1, 0.15) is 0 Å². The van der Waals surface area contributed by atoms with Crippen LogP contribution in [0, 0.1) is 5.41 Å². The lowest BCUT2D eigenvalue weighted by molar-refractivity contribution is 0.430. The van der Waals surface area contributed by atoms with Gasteiger partial charge in [0, 0.05) is 19.3 Å². The van der Waals surface area contributed by atoms with Crippen molar-refractivity contribution in [1.82, 2.24) is 0 Å². The molecule has 0 spiro atoms. The molecule has 0 bridgehead atoms. The predicted molar refractivity (Wildman–Crippen MR) is 67.3 cm³/mol. The third kappa shape index (κ3) is 3.26. The first-order valence-corrected chi connectivity index (χ1v) is 5.55. The fraction of sp³-hybridized carbons (Fsp3) is 0.500. The van der Waals surface area contributed by atoms with Gasteiger partial charge in [-0.1, -0.05) is 32.0 Å². The monoisotopic (exact) mass is 209 g/mol. The average molecular weight is 209 g/mol. The summed E-state index contributed by atoms with van der Waals surface area (Å²) in [7, 11) is 2.13. The minimum Gasteiger partial charge on any atom is -0.374 e. The smallest absolute Gasteiger partial charge is 0.0363 e. The summed E-state index contributed by atoms with van der Waals surface area (Å²) in [5, 5.41) is 0. The van der Waals surface area contributed by atoms with E-state index in [1.807, 2.05) is 6.07 Å². The topological polar surface area (TPSA) is 3.24 Å². The third-order valence-corrected chi connectivity index (χ3v) is 3.15. The minimum atomic E-state index is 0.258. The number of para-hydroxylation sites is 1. The molecule has 2 heteroatoms. The molecule has 78 valence electrons. The number of anilines is 1. The van der Waals surface area contributed by atoms with Crippen LogP contribution in [0.15, 0.2) is 30.3 Å². The lowest BCUT2D eigenvalue weighted by atomic mass is 9.95. The molecule has 0 aromatic heterocycles. The summed E-state index contributed by atoms with van der Waals surface area (Å²) in [5.41, 5.74) is 1.52. The number of nitrogens with zero attached hydrogens (tertiary/aromatic N) is 1. The average Bonchev–Trinajstić information content (AvgIpc) is 2.19. The first-order chi connectivity index (χ1) is 6.55. The number of thiol groups is 1. The zero-order valence-corrected chi connectivity index (χ0v) is 10.1. The molecule has 1 nitrogen and oxygen atoms in total. The molecule has 0 fully saturated rings. The second-order valence-corrected chi connectivity index (χ2v) is 4.83. The van der Waals surface area contributed by atoms with E-state index >= 15 is 0 Å². The molecule has 0 saturated heterocycles. The molecular weight excluding hydrogens is 190 g/mol. The lowest BCUT2D eigenvalue weighted by Crippen LogP contribution is -2.32. The Balaban J connectivity index is 2.64. The van der Waals surface area contributed by atoms with Crippen molar-refractivity contribution in [3.63, 3.8) is 0 Å². The molecule has 0 radical (unpaired) electrons. The van der Waals surface area contributed by atoms with Gasteiger partial charge in [0.05, 0.1) is 0 Å². The summed E-state index contributed by atoms with van der Waals surface area (Å²) in [6.07, 6.45) is 0. The van der Waals surface area contributed by atoms with E-state index in [9.17, 15) is 0 Å². The highest BCUT2D eigenvalue weighted by Gasteiger charge is 2.18. The quantitative estimate of drug-likeness (QED) is 0.746. The summed E-state index contributed by atoms with van der Waals surface area (Å²) >= 11 is 4.36. The Morgan fingerprint density at radius 3 is 2.29 bits per heavy atom. The summed E-state index contributed by atoms with van der Waals surface area (Å²) in [6, 6.07) is 10.4. The Morgan fingerprint density at radius 2 is 1.79 bits per heavy atom. The molecular formula is C12H19NS. The van der Waals surface area contributed by atoms with E-state index in [1.165, 1.54) is 5.69 Å². The van der Waals surface area contributed by atoms with E-state index in [0.29, 0.717) is 0 Å². The van der Waals surface area contributed by atoms with Gasteiger partial charge in [0.25, 0.3) is 0 Å². The van der Waals surface area contributed by atoms with Crippen LogP contribution >= 0.6 is 12.6 Å². The Bertz CT molecular complexity index is 269. The molecule has 0 aliphatic heterocycles. The van der Waals surface area contributed by atoms with Crippen LogP contribution in [-0.2, 0) is 0 Å². The maximum absolute atomic E-state index is 4.36. The van der Waals surface area contributed by atoms with E-state index in [0.717, 1.165) is 12.3 Å². The zero-order valence-electron chi connectivity index (χ0n) is 9.20. The SMILES string of the molecule is CN(CC(C)(C)CS)c1ccccc1. The molecule has 0 unspecified atom stereocenters. The highest BCUT2D eigenvalue weighted by Crippen LogP contribution is 2.21. The van der Waals surface area contributed by atoms with Gasteiger partial charge in [-0.05, 0) is 23.3 Å². The summed E-state index contributed by atoms with van der Waals surface area (Å²) in [6.45, 7) is 5.50. The fourth-order valence-electron chi connectivity index (χ4n) is 1.47. The van der Waals surface area contributed by atoms with Crippen molar-refractivity contribution in [2.45, 2.75) is 13.8 Å². The van der Waals surface area contributed by atoms with E-state index in [4.69, 9.17) is 0 Å². The van der Waals surface area contributed by atoms with Crippen molar-refractivity contribution in [3.05, 3.63) is 30.3 Å². The van der Waals surface area contributed by atoms with Gasteiger partial charge >= 0.3 is 0 Å². The van der Waals surface area contributed by atoms with Gasteiger partial charge in [0.15, 0.2) is 0 Å². The first kappa shape index (κ1) is 11.4. The maximum atomic E-state index is 4.36. The molecule has 0 N–H and O–H groups in total. The predicted octanol–water partition coefficient (Wildman–Crippen LogP) is 3.08. The third-order valence-electron chi connectivity index (χ3n) is 2.29. The van der Waals surface area contributed by atoms with Crippen molar-refractivity contribution in [1.29, 1.82) is 0 Å². The van der Waals surface area contributed by atoms with Crippen LogP contribution in [0.2, 0.25) is 0 Å². The normalized spacial score (nSPS) is 11.4. The number of rotatable bonds is 4. The van der Waals surface area contributed by atoms with Crippen molar-refractivity contribution >= 4 is 18.3 Å². The van der Waals surface area contributed by atoms with Crippen molar-refractivity contribution in [2.24, 2.45) is 5.41 Å². The van der Waals surface area contributed by atoms with Crippen LogP contribution in [0.5, 0.6) is 0 Å². The number of hydrogen-bond acceptors (Lipinski definition) is 2. The minimum absolute atomic E-state index is 0.258. The van der Waals surface area contributed by atoms with Crippen molar-refractivity contribution in [3.8, 4) is 0 Å². The first-order valence-electron chi connectivity index (χ1n) is 4.92. The van der Waals surface area contributed by atoms with E-state index in [1.54, 1.807) is 0 Å². The number of hydrogen-bond donors (Lipinski definition) is 1. The lowest BCUT2D eigenvalue weighted by Gasteiger charge is -2.30. The van der Waals surface area contributed by atoms with E-state index in [2.05, 4.69) is 62.7 Å². The molecule has 0 aliphatic rings.